The van der Waals surface area contributed by atoms with Gasteiger partial charge < -0.3 is 15.0 Å². The molecule has 1 fully saturated rings. The Morgan fingerprint density at radius 2 is 1.81 bits per heavy atom. The number of nitro groups is 1. The Morgan fingerprint density at radius 3 is 2.53 bits per heavy atom. The molecule has 3 aromatic rings. The van der Waals surface area contributed by atoms with Crippen molar-refractivity contribution in [2.24, 2.45) is 0 Å². The molecule has 32 heavy (non-hydrogen) atoms. The van der Waals surface area contributed by atoms with Crippen LogP contribution in [0.25, 0.3) is 0 Å². The zero-order valence-electron chi connectivity index (χ0n) is 17.9. The number of aryl methyl sites for hydroxylation is 1. The minimum atomic E-state index is -0.426. The lowest BCUT2D eigenvalue weighted by Crippen LogP contribution is -2.20. The van der Waals surface area contributed by atoms with Gasteiger partial charge >= 0.3 is 0 Å². The number of hydrogen-bond acceptors (Lipinski definition) is 5. The highest BCUT2D eigenvalue weighted by atomic mass is 16.6. The zero-order chi connectivity index (χ0) is 22.5. The Kier molecular flexibility index (Phi) is 6.35. The minimum Gasteiger partial charge on any atom is -0.487 e. The molecule has 7 nitrogen and oxygen atoms in total. The molecule has 1 aliphatic heterocycles. The molecule has 0 spiro atoms. The van der Waals surface area contributed by atoms with Crippen LogP contribution in [0.15, 0.2) is 66.7 Å². The first-order valence-electron chi connectivity index (χ1n) is 10.6. The van der Waals surface area contributed by atoms with Crippen LogP contribution in [-0.2, 0) is 6.61 Å². The number of ether oxygens (including phenoxy) is 1. The number of nitrogens with zero attached hydrogens (tertiary/aromatic N) is 2. The Bertz CT molecular complexity index is 1130. The van der Waals surface area contributed by atoms with Gasteiger partial charge in [-0.05, 0) is 55.2 Å². The first kappa shape index (κ1) is 21.4. The maximum atomic E-state index is 12.9. The van der Waals surface area contributed by atoms with E-state index in [2.05, 4.69) is 5.32 Å². The van der Waals surface area contributed by atoms with Gasteiger partial charge in [0.05, 0.1) is 10.6 Å². The Labute approximate surface area is 186 Å². The fourth-order valence-corrected chi connectivity index (χ4v) is 3.82. The normalized spacial score (nSPS) is 13.1. The maximum absolute atomic E-state index is 12.9. The summed E-state index contributed by atoms with van der Waals surface area (Å²) in [5.41, 5.74) is 3.27. The van der Waals surface area contributed by atoms with Crippen LogP contribution in [0.5, 0.6) is 5.75 Å². The number of nitrogens with one attached hydrogen (secondary N) is 1. The summed E-state index contributed by atoms with van der Waals surface area (Å²) in [6.45, 7) is 3.89. The van der Waals surface area contributed by atoms with Crippen molar-refractivity contribution < 1.29 is 14.5 Å². The molecule has 1 amide bonds. The average Bonchev–Trinajstić information content (AvgIpc) is 3.34. The smallest absolute Gasteiger partial charge is 0.293 e. The zero-order valence-corrected chi connectivity index (χ0v) is 17.9. The van der Waals surface area contributed by atoms with Gasteiger partial charge in [0.1, 0.15) is 18.0 Å². The highest BCUT2D eigenvalue weighted by Gasteiger charge is 2.24. The topological polar surface area (TPSA) is 84.7 Å². The van der Waals surface area contributed by atoms with Crippen molar-refractivity contribution in [1.29, 1.82) is 0 Å². The number of benzene rings is 3. The number of amides is 1. The summed E-state index contributed by atoms with van der Waals surface area (Å²) in [4.78, 5) is 26.1. The molecule has 0 radical (unpaired) electrons. The van der Waals surface area contributed by atoms with Crippen molar-refractivity contribution in [2.75, 3.05) is 23.3 Å². The van der Waals surface area contributed by atoms with Gasteiger partial charge in [0, 0.05) is 24.7 Å². The minimum absolute atomic E-state index is 0.0518. The summed E-state index contributed by atoms with van der Waals surface area (Å²) >= 11 is 0. The van der Waals surface area contributed by atoms with E-state index in [-0.39, 0.29) is 11.3 Å². The third kappa shape index (κ3) is 4.88. The van der Waals surface area contributed by atoms with E-state index in [0.717, 1.165) is 37.1 Å². The lowest BCUT2D eigenvalue weighted by atomic mass is 10.1. The number of hydrogen-bond donors (Lipinski definition) is 1. The molecule has 0 aromatic heterocycles. The average molecular weight is 431 g/mol. The van der Waals surface area contributed by atoms with Crippen molar-refractivity contribution >= 4 is 23.0 Å². The quantitative estimate of drug-likeness (QED) is 0.403. The predicted octanol–water partition coefficient (Wildman–Crippen LogP) is 5.33. The molecule has 7 heteroatoms. The molecule has 3 aromatic carbocycles. The SMILES string of the molecule is Cc1ccc(NC(=O)c2ccc(N3CCCC3)c([N+](=O)[O-])c2)c(OCc2ccccc2)c1. The number of anilines is 2. The summed E-state index contributed by atoms with van der Waals surface area (Å²) in [5.74, 6) is 0.125. The molecule has 0 bridgehead atoms. The standard InChI is InChI=1S/C25H25N3O4/c1-18-9-11-21(24(15-18)32-17-19-7-3-2-4-8-19)26-25(29)20-10-12-22(23(16-20)28(30)31)27-13-5-6-14-27/h2-4,7-12,15-16H,5-6,13-14,17H2,1H3,(H,26,29). The first-order chi connectivity index (χ1) is 15.5. The summed E-state index contributed by atoms with van der Waals surface area (Å²) < 4.78 is 5.96. The second kappa shape index (κ2) is 9.51. The molecule has 1 saturated heterocycles. The number of nitro benzene ring substituents is 1. The van der Waals surface area contributed by atoms with Crippen molar-refractivity contribution in [3.63, 3.8) is 0 Å². The molecular weight excluding hydrogens is 406 g/mol. The van der Waals surface area contributed by atoms with E-state index in [1.807, 2.05) is 54.3 Å². The van der Waals surface area contributed by atoms with Crippen molar-refractivity contribution in [3.05, 3.63) is 93.5 Å². The van der Waals surface area contributed by atoms with E-state index in [1.54, 1.807) is 18.2 Å². The van der Waals surface area contributed by atoms with E-state index >= 15 is 0 Å². The lowest BCUT2D eigenvalue weighted by Gasteiger charge is -2.18. The Morgan fingerprint density at radius 1 is 1.06 bits per heavy atom. The first-order valence-corrected chi connectivity index (χ1v) is 10.6. The van der Waals surface area contributed by atoms with E-state index in [0.29, 0.717) is 23.7 Å². The number of carbonyl (C=O) groups is 1. The largest absolute Gasteiger partial charge is 0.487 e. The summed E-state index contributed by atoms with van der Waals surface area (Å²) in [6, 6.07) is 19.9. The van der Waals surface area contributed by atoms with Gasteiger partial charge in [-0.2, -0.15) is 0 Å². The van der Waals surface area contributed by atoms with Crippen molar-refractivity contribution in [2.45, 2.75) is 26.4 Å². The van der Waals surface area contributed by atoms with E-state index in [1.165, 1.54) is 6.07 Å². The molecule has 1 aliphatic rings. The van der Waals surface area contributed by atoms with Gasteiger partial charge in [-0.1, -0.05) is 36.4 Å². The van der Waals surface area contributed by atoms with Crippen LogP contribution in [0.3, 0.4) is 0 Å². The molecule has 1 heterocycles. The fraction of sp³-hybridized carbons (Fsp3) is 0.240. The van der Waals surface area contributed by atoms with E-state index in [9.17, 15) is 14.9 Å². The second-order valence-corrected chi connectivity index (χ2v) is 7.88. The fourth-order valence-electron chi connectivity index (χ4n) is 3.82. The maximum Gasteiger partial charge on any atom is 0.293 e. The van der Waals surface area contributed by atoms with Crippen molar-refractivity contribution in [1.82, 2.24) is 0 Å². The molecule has 1 N–H and O–H groups in total. The monoisotopic (exact) mass is 431 g/mol. The molecule has 4 rings (SSSR count). The summed E-state index contributed by atoms with van der Waals surface area (Å²) in [6.07, 6.45) is 2.02. The second-order valence-electron chi connectivity index (χ2n) is 7.88. The molecule has 0 atom stereocenters. The highest BCUT2D eigenvalue weighted by Crippen LogP contribution is 2.33. The molecule has 0 aliphatic carbocycles. The molecule has 0 unspecified atom stereocenters. The van der Waals surface area contributed by atoms with Crippen LogP contribution in [0, 0.1) is 17.0 Å². The van der Waals surface area contributed by atoms with Gasteiger partial charge in [-0.15, -0.1) is 0 Å². The van der Waals surface area contributed by atoms with E-state index < -0.39 is 10.8 Å². The van der Waals surface area contributed by atoms with Gasteiger partial charge in [-0.25, -0.2) is 0 Å². The van der Waals surface area contributed by atoms with Crippen LogP contribution in [0.4, 0.5) is 17.1 Å². The highest BCUT2D eigenvalue weighted by molar-refractivity contribution is 6.05. The number of carbonyl (C=O) groups excluding carboxylic acids is 1. The predicted molar refractivity (Wildman–Crippen MR) is 124 cm³/mol. The third-order valence-corrected chi connectivity index (χ3v) is 5.50. The van der Waals surface area contributed by atoms with Crippen LogP contribution in [0.2, 0.25) is 0 Å². The van der Waals surface area contributed by atoms with Gasteiger partial charge in [-0.3, -0.25) is 14.9 Å². The molecular formula is C25H25N3O4. The molecule has 0 saturated carbocycles. The Hall–Kier alpha value is -3.87. The van der Waals surface area contributed by atoms with Crippen LogP contribution < -0.4 is 15.0 Å². The molecule has 164 valence electrons. The van der Waals surface area contributed by atoms with Gasteiger partial charge in [0.15, 0.2) is 0 Å². The van der Waals surface area contributed by atoms with Crippen LogP contribution in [-0.4, -0.2) is 23.9 Å². The Balaban J connectivity index is 1.54. The van der Waals surface area contributed by atoms with Crippen LogP contribution in [0.1, 0.15) is 34.3 Å². The lowest BCUT2D eigenvalue weighted by molar-refractivity contribution is -0.384. The van der Waals surface area contributed by atoms with E-state index in [4.69, 9.17) is 4.74 Å². The summed E-state index contributed by atoms with van der Waals surface area (Å²) in [7, 11) is 0. The van der Waals surface area contributed by atoms with Crippen LogP contribution >= 0.6 is 0 Å². The van der Waals surface area contributed by atoms with Crippen molar-refractivity contribution in [3.8, 4) is 5.75 Å². The third-order valence-electron chi connectivity index (χ3n) is 5.50. The number of rotatable bonds is 7. The van der Waals surface area contributed by atoms with Gasteiger partial charge in [0.2, 0.25) is 0 Å². The van der Waals surface area contributed by atoms with Gasteiger partial charge in [0.25, 0.3) is 11.6 Å². The summed E-state index contributed by atoms with van der Waals surface area (Å²) in [5, 5.41) is 14.5.